The van der Waals surface area contributed by atoms with Gasteiger partial charge in [0.05, 0.1) is 18.6 Å². The zero-order valence-electron chi connectivity index (χ0n) is 8.55. The van der Waals surface area contributed by atoms with Gasteiger partial charge in [0.15, 0.2) is 0 Å². The average molecular weight is 257 g/mol. The zero-order valence-corrected chi connectivity index (χ0v) is 10.2. The third kappa shape index (κ3) is 4.45. The van der Waals surface area contributed by atoms with E-state index in [0.717, 1.165) is 12.7 Å². The molecule has 0 aromatic carbocycles. The van der Waals surface area contributed by atoms with Crippen LogP contribution in [-0.4, -0.2) is 52.8 Å². The Morgan fingerprint density at radius 3 is 2.53 bits per heavy atom. The van der Waals surface area contributed by atoms with Crippen LogP contribution in [0.15, 0.2) is 0 Å². The summed E-state index contributed by atoms with van der Waals surface area (Å²) in [6, 6.07) is 0. The normalized spacial score (nSPS) is 22.7. The van der Waals surface area contributed by atoms with E-state index in [-0.39, 0.29) is 18.9 Å². The predicted molar refractivity (Wildman–Crippen MR) is 55.4 cm³/mol. The molecule has 1 heterocycles. The quantitative estimate of drug-likeness (QED) is 0.627. The summed E-state index contributed by atoms with van der Waals surface area (Å²) in [4.78, 5) is 0. The van der Waals surface area contributed by atoms with Crippen molar-refractivity contribution in [2.45, 2.75) is 12.8 Å². The van der Waals surface area contributed by atoms with Crippen molar-refractivity contribution in [2.24, 2.45) is 0 Å². The number of nitrogens with zero attached hydrogens (tertiary/aromatic N) is 1. The number of hydrogen-bond acceptors (Lipinski definition) is 5. The first-order valence-electron chi connectivity index (χ1n) is 4.63. The second kappa shape index (κ2) is 4.77. The lowest BCUT2D eigenvalue weighted by molar-refractivity contribution is 0.271. The van der Waals surface area contributed by atoms with E-state index in [9.17, 15) is 16.8 Å². The minimum absolute atomic E-state index is 0.107. The molecule has 0 saturated carbocycles. The predicted octanol–water partition coefficient (Wildman–Crippen LogP) is -0.612. The minimum Gasteiger partial charge on any atom is -0.269 e. The van der Waals surface area contributed by atoms with Crippen LogP contribution in [0, 0.1) is 0 Å². The Morgan fingerprint density at radius 2 is 2.00 bits per heavy atom. The summed E-state index contributed by atoms with van der Waals surface area (Å²) in [5, 5.41) is 0. The van der Waals surface area contributed by atoms with E-state index < -0.39 is 20.1 Å². The van der Waals surface area contributed by atoms with Gasteiger partial charge in [-0.25, -0.2) is 8.42 Å². The van der Waals surface area contributed by atoms with E-state index in [1.807, 2.05) is 0 Å². The average Bonchev–Trinajstić information content (AvgIpc) is 2.05. The van der Waals surface area contributed by atoms with Crippen LogP contribution >= 0.6 is 0 Å². The van der Waals surface area contributed by atoms with Crippen molar-refractivity contribution in [3.8, 4) is 0 Å². The van der Waals surface area contributed by atoms with Gasteiger partial charge in [0.2, 0.25) is 10.0 Å². The molecule has 0 N–H and O–H groups in total. The third-order valence-electron chi connectivity index (χ3n) is 2.09. The molecule has 0 aromatic heterocycles. The van der Waals surface area contributed by atoms with E-state index >= 15 is 0 Å². The topological polar surface area (TPSA) is 80.8 Å². The SMILES string of the molecule is CS(=O)(=O)OCCN1CCCCS1(=O)=O. The Morgan fingerprint density at radius 1 is 1.33 bits per heavy atom. The summed E-state index contributed by atoms with van der Waals surface area (Å²) < 4.78 is 50.0. The summed E-state index contributed by atoms with van der Waals surface area (Å²) in [7, 11) is -6.67. The molecule has 0 aromatic rings. The highest BCUT2D eigenvalue weighted by atomic mass is 32.2. The molecule has 0 amide bonds. The molecule has 0 aliphatic carbocycles. The van der Waals surface area contributed by atoms with Crippen molar-refractivity contribution in [3.63, 3.8) is 0 Å². The Hall–Kier alpha value is -0.180. The van der Waals surface area contributed by atoms with Crippen LogP contribution < -0.4 is 0 Å². The third-order valence-corrected chi connectivity index (χ3v) is 4.64. The van der Waals surface area contributed by atoms with Crippen molar-refractivity contribution >= 4 is 20.1 Å². The summed E-state index contributed by atoms with van der Waals surface area (Å²) in [5.41, 5.74) is 0. The van der Waals surface area contributed by atoms with E-state index in [2.05, 4.69) is 4.18 Å². The van der Waals surface area contributed by atoms with E-state index in [0.29, 0.717) is 13.0 Å². The van der Waals surface area contributed by atoms with Gasteiger partial charge in [-0.15, -0.1) is 0 Å². The highest BCUT2D eigenvalue weighted by Gasteiger charge is 2.25. The molecular weight excluding hydrogens is 242 g/mol. The highest BCUT2D eigenvalue weighted by Crippen LogP contribution is 2.12. The van der Waals surface area contributed by atoms with Crippen LogP contribution in [0.5, 0.6) is 0 Å². The molecule has 0 radical (unpaired) electrons. The second-order valence-corrected chi connectivity index (χ2v) is 7.18. The molecular formula is C7H15NO5S2. The van der Waals surface area contributed by atoms with Crippen molar-refractivity contribution in [3.05, 3.63) is 0 Å². The zero-order chi connectivity index (χ0) is 11.5. The summed E-state index contributed by atoms with van der Waals surface area (Å²) in [6.45, 7) is 0.447. The first-order valence-corrected chi connectivity index (χ1v) is 8.06. The summed E-state index contributed by atoms with van der Waals surface area (Å²) in [5.74, 6) is 0.145. The molecule has 0 spiro atoms. The lowest BCUT2D eigenvalue weighted by Gasteiger charge is -2.25. The fraction of sp³-hybridized carbons (Fsp3) is 1.00. The standard InChI is InChI=1S/C7H15NO5S2/c1-14(9,10)13-6-5-8-4-2-3-7-15(8,11)12/h2-7H2,1H3. The van der Waals surface area contributed by atoms with Crippen LogP contribution in [0.25, 0.3) is 0 Å². The molecule has 1 aliphatic rings. The van der Waals surface area contributed by atoms with Gasteiger partial charge in [-0.05, 0) is 12.8 Å². The fourth-order valence-corrected chi connectivity index (χ4v) is 3.35. The number of rotatable bonds is 4. The van der Waals surface area contributed by atoms with Crippen molar-refractivity contribution in [2.75, 3.05) is 31.7 Å². The van der Waals surface area contributed by atoms with Gasteiger partial charge in [0, 0.05) is 13.1 Å². The van der Waals surface area contributed by atoms with Gasteiger partial charge in [-0.3, -0.25) is 4.18 Å². The maximum Gasteiger partial charge on any atom is 0.264 e. The van der Waals surface area contributed by atoms with Gasteiger partial charge in [0.25, 0.3) is 10.1 Å². The van der Waals surface area contributed by atoms with Crippen LogP contribution in [0.4, 0.5) is 0 Å². The maximum absolute atomic E-state index is 11.5. The number of sulfonamides is 1. The molecule has 1 fully saturated rings. The summed E-state index contributed by atoms with van der Waals surface area (Å²) >= 11 is 0. The van der Waals surface area contributed by atoms with Gasteiger partial charge < -0.3 is 0 Å². The van der Waals surface area contributed by atoms with E-state index in [1.54, 1.807) is 0 Å². The Labute approximate surface area is 90.4 Å². The Kier molecular flexibility index (Phi) is 4.10. The molecule has 0 bridgehead atoms. The van der Waals surface area contributed by atoms with Crippen LogP contribution in [-0.2, 0) is 24.3 Å². The minimum atomic E-state index is -3.48. The largest absolute Gasteiger partial charge is 0.269 e. The molecule has 6 nitrogen and oxygen atoms in total. The smallest absolute Gasteiger partial charge is 0.264 e. The molecule has 1 aliphatic heterocycles. The molecule has 0 unspecified atom stereocenters. The fourth-order valence-electron chi connectivity index (χ4n) is 1.38. The van der Waals surface area contributed by atoms with Gasteiger partial charge in [-0.2, -0.15) is 12.7 Å². The highest BCUT2D eigenvalue weighted by molar-refractivity contribution is 7.89. The van der Waals surface area contributed by atoms with Crippen LogP contribution in [0.2, 0.25) is 0 Å². The van der Waals surface area contributed by atoms with Crippen molar-refractivity contribution in [1.29, 1.82) is 0 Å². The Balaban J connectivity index is 2.44. The molecule has 15 heavy (non-hydrogen) atoms. The molecule has 0 atom stereocenters. The van der Waals surface area contributed by atoms with Gasteiger partial charge >= 0.3 is 0 Å². The maximum atomic E-state index is 11.5. The lowest BCUT2D eigenvalue weighted by Crippen LogP contribution is -2.40. The van der Waals surface area contributed by atoms with Gasteiger partial charge in [-0.1, -0.05) is 0 Å². The van der Waals surface area contributed by atoms with Crippen molar-refractivity contribution in [1.82, 2.24) is 4.31 Å². The van der Waals surface area contributed by atoms with Crippen molar-refractivity contribution < 1.29 is 21.0 Å². The molecule has 1 saturated heterocycles. The summed E-state index contributed by atoms with van der Waals surface area (Å²) in [6.07, 6.45) is 2.43. The molecule has 8 heteroatoms. The van der Waals surface area contributed by atoms with Crippen LogP contribution in [0.3, 0.4) is 0 Å². The monoisotopic (exact) mass is 257 g/mol. The van der Waals surface area contributed by atoms with E-state index in [4.69, 9.17) is 0 Å². The van der Waals surface area contributed by atoms with Crippen LogP contribution in [0.1, 0.15) is 12.8 Å². The number of hydrogen-bond donors (Lipinski definition) is 0. The Bertz CT molecular complexity index is 399. The second-order valence-electron chi connectivity index (χ2n) is 3.45. The molecule has 90 valence electrons. The van der Waals surface area contributed by atoms with Gasteiger partial charge in [0.1, 0.15) is 0 Å². The first kappa shape index (κ1) is 12.9. The van der Waals surface area contributed by atoms with E-state index in [1.165, 1.54) is 4.31 Å². The molecule has 1 rings (SSSR count). The first-order chi connectivity index (χ1) is 6.81. The lowest BCUT2D eigenvalue weighted by atomic mass is 10.3.